The minimum atomic E-state index is -3.33. The molecule has 0 bridgehead atoms. The summed E-state index contributed by atoms with van der Waals surface area (Å²) in [5.74, 6) is -1.95. The Morgan fingerprint density at radius 1 is 0.862 bits per heavy atom. The second-order valence-corrected chi connectivity index (χ2v) is 5.58. The summed E-state index contributed by atoms with van der Waals surface area (Å²) in [6.07, 6.45) is 2.76. The smallest absolute Gasteiger partial charge is 0.387 e. The Kier molecular flexibility index (Phi) is 6.28. The molecule has 0 aliphatic rings. The van der Waals surface area contributed by atoms with E-state index in [-0.39, 0.29) is 11.3 Å². The van der Waals surface area contributed by atoms with Crippen molar-refractivity contribution in [3.05, 3.63) is 78.6 Å². The van der Waals surface area contributed by atoms with Crippen LogP contribution < -0.4 is 14.4 Å². The summed E-state index contributed by atoms with van der Waals surface area (Å²) in [6.45, 7) is -6.60. The highest BCUT2D eigenvalue weighted by molar-refractivity contribution is 6.11. The van der Waals surface area contributed by atoms with Gasteiger partial charge in [-0.05, 0) is 36.4 Å². The lowest BCUT2D eigenvalue weighted by molar-refractivity contribution is -0.0689. The molecule has 150 valence electrons. The van der Waals surface area contributed by atoms with Gasteiger partial charge in [0, 0.05) is 18.1 Å². The lowest BCUT2D eigenvalue weighted by Crippen LogP contribution is -2.27. The molecule has 1 heterocycles. The molecule has 0 atom stereocenters. The molecule has 1 aromatic heterocycles. The first-order valence-corrected chi connectivity index (χ1v) is 8.29. The lowest BCUT2D eigenvalue weighted by Gasteiger charge is -2.26. The van der Waals surface area contributed by atoms with Gasteiger partial charge in [-0.3, -0.25) is 14.7 Å². The van der Waals surface area contributed by atoms with E-state index >= 15 is 0 Å². The zero-order valence-corrected chi connectivity index (χ0v) is 14.7. The zero-order chi connectivity index (χ0) is 20.8. The number of carbonyl (C=O) groups is 1. The minimum Gasteiger partial charge on any atom is -0.431 e. The number of hydrogen-bond acceptors (Lipinski definition) is 4. The van der Waals surface area contributed by atoms with Crippen molar-refractivity contribution in [2.24, 2.45) is 0 Å². The molecule has 0 spiro atoms. The molecule has 0 fully saturated rings. The maximum Gasteiger partial charge on any atom is 0.387 e. The molecule has 0 saturated carbocycles. The predicted octanol–water partition coefficient (Wildman–Crippen LogP) is 5.26. The van der Waals surface area contributed by atoms with Crippen molar-refractivity contribution >= 4 is 17.3 Å². The molecular formula is C20H14F4N2O3. The Balaban J connectivity index is 2.19. The van der Waals surface area contributed by atoms with Gasteiger partial charge in [-0.15, -0.1) is 0 Å². The fourth-order valence-electron chi connectivity index (χ4n) is 2.64. The van der Waals surface area contributed by atoms with E-state index < -0.39 is 30.6 Å². The van der Waals surface area contributed by atoms with Gasteiger partial charge in [-0.25, -0.2) is 0 Å². The highest BCUT2D eigenvalue weighted by Gasteiger charge is 2.27. The summed E-state index contributed by atoms with van der Waals surface area (Å²) >= 11 is 0. The van der Waals surface area contributed by atoms with Crippen molar-refractivity contribution in [3.8, 4) is 11.5 Å². The number of alkyl halides is 4. The number of ether oxygens (including phenoxy) is 2. The van der Waals surface area contributed by atoms with Crippen LogP contribution in [0.15, 0.2) is 73.1 Å². The van der Waals surface area contributed by atoms with E-state index in [0.29, 0.717) is 5.69 Å². The van der Waals surface area contributed by atoms with Gasteiger partial charge in [0.05, 0.1) is 11.3 Å². The first-order chi connectivity index (χ1) is 14.0. The van der Waals surface area contributed by atoms with Gasteiger partial charge >= 0.3 is 13.2 Å². The van der Waals surface area contributed by atoms with Crippen LogP contribution in [0.1, 0.15) is 10.4 Å². The number of aromatic nitrogens is 1. The summed E-state index contributed by atoms with van der Waals surface area (Å²) in [6, 6.07) is 14.7. The van der Waals surface area contributed by atoms with E-state index in [1.165, 1.54) is 36.7 Å². The van der Waals surface area contributed by atoms with E-state index in [1.807, 2.05) is 0 Å². The molecule has 0 unspecified atom stereocenters. The van der Waals surface area contributed by atoms with Crippen molar-refractivity contribution < 1.29 is 31.8 Å². The molecule has 0 radical (unpaired) electrons. The number of nitrogens with zero attached hydrogens (tertiary/aromatic N) is 2. The average molecular weight is 406 g/mol. The molecule has 3 aromatic rings. The number of hydrogen-bond donors (Lipinski definition) is 0. The number of benzene rings is 2. The van der Waals surface area contributed by atoms with E-state index in [4.69, 9.17) is 0 Å². The van der Waals surface area contributed by atoms with Crippen molar-refractivity contribution in [3.63, 3.8) is 0 Å². The Hall–Kier alpha value is -3.62. The largest absolute Gasteiger partial charge is 0.431 e. The van der Waals surface area contributed by atoms with E-state index in [0.717, 1.165) is 11.0 Å². The molecule has 29 heavy (non-hydrogen) atoms. The van der Waals surface area contributed by atoms with Gasteiger partial charge in [0.25, 0.3) is 5.91 Å². The van der Waals surface area contributed by atoms with Gasteiger partial charge < -0.3 is 9.47 Å². The summed E-state index contributed by atoms with van der Waals surface area (Å²) in [7, 11) is 0. The Labute approximate surface area is 163 Å². The summed E-state index contributed by atoms with van der Waals surface area (Å²) in [5.41, 5.74) is 0.262. The third-order valence-electron chi connectivity index (χ3n) is 3.75. The van der Waals surface area contributed by atoms with Gasteiger partial charge in [-0.2, -0.15) is 17.6 Å². The molecule has 0 aliphatic heterocycles. The molecule has 3 rings (SSSR count). The van der Waals surface area contributed by atoms with Crippen LogP contribution in [0.25, 0.3) is 0 Å². The zero-order valence-electron chi connectivity index (χ0n) is 14.7. The monoisotopic (exact) mass is 406 g/mol. The van der Waals surface area contributed by atoms with Crippen LogP contribution in [0.2, 0.25) is 0 Å². The topological polar surface area (TPSA) is 51.7 Å². The molecule has 9 heteroatoms. The highest BCUT2D eigenvalue weighted by atomic mass is 19.3. The Morgan fingerprint density at radius 3 is 2.21 bits per heavy atom. The summed E-state index contributed by atoms with van der Waals surface area (Å²) < 4.78 is 60.4. The molecule has 0 N–H and O–H groups in total. The number of rotatable bonds is 7. The number of amides is 1. The molecule has 1 amide bonds. The fraction of sp³-hybridized carbons (Fsp3) is 0.100. The molecule has 0 saturated heterocycles. The lowest BCUT2D eigenvalue weighted by atomic mass is 10.1. The van der Waals surface area contributed by atoms with Gasteiger partial charge in [-0.1, -0.05) is 24.3 Å². The van der Waals surface area contributed by atoms with E-state index in [2.05, 4.69) is 14.5 Å². The summed E-state index contributed by atoms with van der Waals surface area (Å²) in [4.78, 5) is 18.1. The summed E-state index contributed by atoms with van der Waals surface area (Å²) in [5, 5.41) is 0. The van der Waals surface area contributed by atoms with Gasteiger partial charge in [0.1, 0.15) is 0 Å². The van der Waals surface area contributed by atoms with Gasteiger partial charge in [0.2, 0.25) is 0 Å². The number of anilines is 2. The van der Waals surface area contributed by atoms with Crippen LogP contribution in [0, 0.1) is 0 Å². The molecular weight excluding hydrogens is 392 g/mol. The third-order valence-corrected chi connectivity index (χ3v) is 3.75. The predicted molar refractivity (Wildman–Crippen MR) is 96.9 cm³/mol. The van der Waals surface area contributed by atoms with Crippen molar-refractivity contribution in [1.82, 2.24) is 4.98 Å². The number of para-hydroxylation sites is 2. The second kappa shape index (κ2) is 9.05. The maximum absolute atomic E-state index is 13.2. The maximum atomic E-state index is 13.2. The Morgan fingerprint density at radius 2 is 1.59 bits per heavy atom. The molecule has 0 aliphatic carbocycles. The van der Waals surface area contributed by atoms with Crippen LogP contribution in [0.5, 0.6) is 11.5 Å². The quantitative estimate of drug-likeness (QED) is 0.502. The SMILES string of the molecule is O=C(c1cccnc1)N(c1ccccc1)c1cccc(OC(F)F)c1OC(F)F. The number of pyridine rings is 1. The number of carbonyl (C=O) groups excluding carboxylic acids is 1. The van der Waals surface area contributed by atoms with Crippen molar-refractivity contribution in [2.75, 3.05) is 4.90 Å². The van der Waals surface area contributed by atoms with Crippen LogP contribution >= 0.6 is 0 Å². The van der Waals surface area contributed by atoms with Crippen LogP contribution in [-0.4, -0.2) is 24.1 Å². The standard InChI is InChI=1S/C20H14F4N2O3/c21-19(22)28-16-10-4-9-15(17(16)29-20(23)24)26(14-7-2-1-3-8-14)18(27)13-6-5-11-25-12-13/h1-12,19-20H. The fourth-order valence-corrected chi connectivity index (χ4v) is 2.64. The average Bonchev–Trinajstić information content (AvgIpc) is 2.71. The van der Waals surface area contributed by atoms with E-state index in [1.54, 1.807) is 30.3 Å². The van der Waals surface area contributed by atoms with Crippen LogP contribution in [0.3, 0.4) is 0 Å². The first-order valence-electron chi connectivity index (χ1n) is 8.29. The highest BCUT2D eigenvalue weighted by Crippen LogP contribution is 2.42. The normalized spacial score (nSPS) is 10.8. The van der Waals surface area contributed by atoms with Crippen LogP contribution in [0.4, 0.5) is 28.9 Å². The second-order valence-electron chi connectivity index (χ2n) is 5.58. The minimum absolute atomic E-state index is 0.152. The third kappa shape index (κ3) is 4.81. The first kappa shape index (κ1) is 20.1. The van der Waals surface area contributed by atoms with Crippen LogP contribution in [-0.2, 0) is 0 Å². The van der Waals surface area contributed by atoms with Crippen molar-refractivity contribution in [1.29, 1.82) is 0 Å². The van der Waals surface area contributed by atoms with Crippen molar-refractivity contribution in [2.45, 2.75) is 13.2 Å². The number of halogens is 4. The molecule has 2 aromatic carbocycles. The molecule has 5 nitrogen and oxygen atoms in total. The van der Waals surface area contributed by atoms with Gasteiger partial charge in [0.15, 0.2) is 11.5 Å². The Bertz CT molecular complexity index is 956. The van der Waals surface area contributed by atoms with E-state index in [9.17, 15) is 22.4 Å².